The Morgan fingerprint density at radius 3 is 2.59 bits per heavy atom. The van der Waals surface area contributed by atoms with Crippen LogP contribution in [0, 0.1) is 0 Å². The molecule has 0 aromatic carbocycles. The van der Waals surface area contributed by atoms with Crippen LogP contribution < -0.4 is 4.90 Å². The normalized spacial score (nSPS) is 25.6. The van der Waals surface area contributed by atoms with Crippen molar-refractivity contribution in [3.05, 3.63) is 18.5 Å². The summed E-state index contributed by atoms with van der Waals surface area (Å²) >= 11 is 0. The molecule has 1 saturated heterocycles. The zero-order chi connectivity index (χ0) is 16.2. The SMILES string of the molecule is CC1(C)CN(c2ccc3nncn3n2)C[C@@](C)(C(F)(F)F)O1. The molecule has 2 aromatic rings. The van der Waals surface area contributed by atoms with Gasteiger partial charge in [-0.3, -0.25) is 0 Å². The fraction of sp³-hybridized carbons (Fsp3) is 0.615. The number of anilines is 1. The molecule has 1 aliphatic rings. The van der Waals surface area contributed by atoms with Gasteiger partial charge in [-0.15, -0.1) is 15.3 Å². The summed E-state index contributed by atoms with van der Waals surface area (Å²) in [5, 5.41) is 11.8. The van der Waals surface area contributed by atoms with Gasteiger partial charge in [-0.25, -0.2) is 0 Å². The lowest BCUT2D eigenvalue weighted by atomic mass is 9.96. The van der Waals surface area contributed by atoms with Gasteiger partial charge in [-0.1, -0.05) is 0 Å². The van der Waals surface area contributed by atoms with E-state index < -0.39 is 17.4 Å². The van der Waals surface area contributed by atoms with Gasteiger partial charge in [0.05, 0.1) is 12.1 Å². The van der Waals surface area contributed by atoms with E-state index in [4.69, 9.17) is 4.74 Å². The number of rotatable bonds is 1. The van der Waals surface area contributed by atoms with Crippen molar-refractivity contribution in [3.8, 4) is 0 Å². The Balaban J connectivity index is 1.98. The molecule has 0 radical (unpaired) electrons. The van der Waals surface area contributed by atoms with Crippen LogP contribution in [0.15, 0.2) is 18.5 Å². The minimum absolute atomic E-state index is 0.305. The molecule has 22 heavy (non-hydrogen) atoms. The minimum atomic E-state index is -4.47. The topological polar surface area (TPSA) is 55.6 Å². The summed E-state index contributed by atoms with van der Waals surface area (Å²) in [6, 6.07) is 3.31. The minimum Gasteiger partial charge on any atom is -0.356 e. The zero-order valence-corrected chi connectivity index (χ0v) is 12.4. The van der Waals surface area contributed by atoms with E-state index >= 15 is 0 Å². The first-order chi connectivity index (χ1) is 10.1. The maximum atomic E-state index is 13.4. The monoisotopic (exact) mass is 315 g/mol. The predicted molar refractivity (Wildman–Crippen MR) is 72.6 cm³/mol. The highest BCUT2D eigenvalue weighted by atomic mass is 19.4. The van der Waals surface area contributed by atoms with Gasteiger partial charge in [0, 0.05) is 6.54 Å². The van der Waals surface area contributed by atoms with Crippen LogP contribution in [-0.2, 0) is 4.74 Å². The molecule has 0 bridgehead atoms. The summed E-state index contributed by atoms with van der Waals surface area (Å²) in [6.07, 6.45) is -3.06. The first kappa shape index (κ1) is 15.0. The van der Waals surface area contributed by atoms with Gasteiger partial charge in [0.25, 0.3) is 0 Å². The molecule has 0 saturated carbocycles. The molecule has 6 nitrogen and oxygen atoms in total. The second kappa shape index (κ2) is 4.55. The predicted octanol–water partition coefficient (Wildman–Crippen LogP) is 2.06. The Labute approximate surface area is 124 Å². The molecule has 3 rings (SSSR count). The lowest BCUT2D eigenvalue weighted by molar-refractivity contribution is -0.302. The maximum Gasteiger partial charge on any atom is 0.418 e. The third kappa shape index (κ3) is 2.49. The van der Waals surface area contributed by atoms with Crippen molar-refractivity contribution in [1.82, 2.24) is 19.8 Å². The number of nitrogens with zero attached hydrogens (tertiary/aromatic N) is 5. The summed E-state index contributed by atoms with van der Waals surface area (Å²) in [4.78, 5) is 1.58. The molecule has 120 valence electrons. The van der Waals surface area contributed by atoms with Crippen molar-refractivity contribution in [3.63, 3.8) is 0 Å². The van der Waals surface area contributed by atoms with Gasteiger partial charge in [-0.2, -0.15) is 17.7 Å². The van der Waals surface area contributed by atoms with Crippen LogP contribution in [0.4, 0.5) is 19.0 Å². The van der Waals surface area contributed by atoms with E-state index in [2.05, 4.69) is 15.3 Å². The Morgan fingerprint density at radius 1 is 1.18 bits per heavy atom. The van der Waals surface area contributed by atoms with Crippen molar-refractivity contribution in [2.24, 2.45) is 0 Å². The molecule has 2 aromatic heterocycles. The Morgan fingerprint density at radius 2 is 1.91 bits per heavy atom. The number of morpholine rings is 1. The van der Waals surface area contributed by atoms with Crippen molar-refractivity contribution < 1.29 is 17.9 Å². The van der Waals surface area contributed by atoms with E-state index in [0.29, 0.717) is 18.0 Å². The average Bonchev–Trinajstić information content (AvgIpc) is 2.82. The van der Waals surface area contributed by atoms with Gasteiger partial charge in [0.1, 0.15) is 12.1 Å². The zero-order valence-electron chi connectivity index (χ0n) is 12.4. The highest BCUT2D eigenvalue weighted by molar-refractivity contribution is 5.46. The van der Waals surface area contributed by atoms with Crippen LogP contribution >= 0.6 is 0 Å². The van der Waals surface area contributed by atoms with Crippen LogP contribution in [0.2, 0.25) is 0 Å². The van der Waals surface area contributed by atoms with E-state index in [1.165, 1.54) is 10.8 Å². The molecule has 1 fully saturated rings. The summed E-state index contributed by atoms with van der Waals surface area (Å²) in [5.41, 5.74) is -2.67. The molecule has 0 aliphatic carbocycles. The Hall–Kier alpha value is -1.90. The lowest BCUT2D eigenvalue weighted by Crippen LogP contribution is -2.64. The summed E-state index contributed by atoms with van der Waals surface area (Å²) < 4.78 is 46.8. The quantitative estimate of drug-likeness (QED) is 0.806. The van der Waals surface area contributed by atoms with E-state index in [0.717, 1.165) is 6.92 Å². The van der Waals surface area contributed by atoms with Gasteiger partial charge >= 0.3 is 6.18 Å². The van der Waals surface area contributed by atoms with E-state index in [1.54, 1.807) is 30.9 Å². The second-order valence-corrected chi connectivity index (χ2v) is 6.27. The van der Waals surface area contributed by atoms with Gasteiger partial charge in [0.15, 0.2) is 11.2 Å². The van der Waals surface area contributed by atoms with Gasteiger partial charge in [-0.05, 0) is 32.9 Å². The second-order valence-electron chi connectivity index (χ2n) is 6.27. The Bertz CT molecular complexity index is 698. The third-order valence-electron chi connectivity index (χ3n) is 3.64. The van der Waals surface area contributed by atoms with Crippen LogP contribution in [0.1, 0.15) is 20.8 Å². The highest BCUT2D eigenvalue weighted by Gasteiger charge is 2.58. The fourth-order valence-electron chi connectivity index (χ4n) is 2.75. The smallest absolute Gasteiger partial charge is 0.356 e. The van der Waals surface area contributed by atoms with Crippen LogP contribution in [0.3, 0.4) is 0 Å². The first-order valence-electron chi connectivity index (χ1n) is 6.79. The van der Waals surface area contributed by atoms with E-state index in [-0.39, 0.29) is 6.54 Å². The molecular weight excluding hydrogens is 299 g/mol. The van der Waals surface area contributed by atoms with Crippen molar-refractivity contribution >= 4 is 11.5 Å². The summed E-state index contributed by atoms with van der Waals surface area (Å²) in [6.45, 7) is 4.33. The first-order valence-corrected chi connectivity index (χ1v) is 6.79. The molecule has 1 aliphatic heterocycles. The maximum absolute atomic E-state index is 13.4. The number of hydrogen-bond acceptors (Lipinski definition) is 5. The number of aromatic nitrogens is 4. The molecule has 3 heterocycles. The molecule has 0 amide bonds. The van der Waals surface area contributed by atoms with Crippen molar-refractivity contribution in [2.45, 2.75) is 38.1 Å². The van der Waals surface area contributed by atoms with E-state index in [1.807, 2.05) is 0 Å². The summed E-state index contributed by atoms with van der Waals surface area (Å²) in [5.74, 6) is 0.430. The number of alkyl halides is 3. The fourth-order valence-corrected chi connectivity index (χ4v) is 2.75. The van der Waals surface area contributed by atoms with Crippen LogP contribution in [0.5, 0.6) is 0 Å². The molecule has 9 heteroatoms. The molecule has 0 unspecified atom stereocenters. The highest BCUT2D eigenvalue weighted by Crippen LogP contribution is 2.41. The van der Waals surface area contributed by atoms with E-state index in [9.17, 15) is 13.2 Å². The number of ether oxygens (including phenoxy) is 1. The van der Waals surface area contributed by atoms with Crippen LogP contribution in [0.25, 0.3) is 5.65 Å². The summed E-state index contributed by atoms with van der Waals surface area (Å²) in [7, 11) is 0. The molecular formula is C13H16F3N5O. The van der Waals surface area contributed by atoms with Gasteiger partial charge in [0.2, 0.25) is 0 Å². The number of hydrogen-bond donors (Lipinski definition) is 0. The largest absolute Gasteiger partial charge is 0.418 e. The van der Waals surface area contributed by atoms with Crippen LogP contribution in [-0.4, -0.2) is 50.3 Å². The standard InChI is InChI=1S/C13H16F3N5O/c1-11(2)6-20(7-12(3,22-11)13(14,15)16)10-5-4-9-18-17-8-21(9)19-10/h4-5,8H,6-7H2,1-3H3/t12-/m0/s1. The third-order valence-corrected chi connectivity index (χ3v) is 3.64. The Kier molecular flexibility index (Phi) is 3.10. The van der Waals surface area contributed by atoms with Gasteiger partial charge < -0.3 is 9.64 Å². The number of fused-ring (bicyclic) bond motifs is 1. The number of halogens is 3. The average molecular weight is 315 g/mol. The molecule has 1 atom stereocenters. The molecule has 0 spiro atoms. The molecule has 0 N–H and O–H groups in total. The van der Waals surface area contributed by atoms with Crippen molar-refractivity contribution in [2.75, 3.05) is 18.0 Å². The lowest BCUT2D eigenvalue weighted by Gasteiger charge is -2.49. The van der Waals surface area contributed by atoms with Crippen molar-refractivity contribution in [1.29, 1.82) is 0 Å².